The van der Waals surface area contributed by atoms with Gasteiger partial charge in [0.2, 0.25) is 0 Å². The summed E-state index contributed by atoms with van der Waals surface area (Å²) in [6.07, 6.45) is 6.15. The Morgan fingerprint density at radius 3 is 2.74 bits per heavy atom. The van der Waals surface area contributed by atoms with E-state index in [9.17, 15) is 0 Å². The van der Waals surface area contributed by atoms with Crippen LogP contribution in [-0.2, 0) is 13.5 Å². The monoisotopic (exact) mass is 376 g/mol. The summed E-state index contributed by atoms with van der Waals surface area (Å²) < 4.78 is 1.97. The summed E-state index contributed by atoms with van der Waals surface area (Å²) in [5.41, 5.74) is 3.71. The Bertz CT molecular complexity index is 606. The predicted octanol–water partition coefficient (Wildman–Crippen LogP) is 2.65. The van der Waals surface area contributed by atoms with E-state index in [0.29, 0.717) is 6.04 Å². The number of rotatable bonds is 8. The van der Waals surface area contributed by atoms with E-state index in [1.165, 1.54) is 56.6 Å². The van der Waals surface area contributed by atoms with E-state index in [-0.39, 0.29) is 0 Å². The predicted molar refractivity (Wildman–Crippen MR) is 114 cm³/mol. The van der Waals surface area contributed by atoms with Crippen molar-refractivity contribution >= 4 is 5.96 Å². The molecule has 0 saturated carbocycles. The lowest BCUT2D eigenvalue weighted by molar-refractivity contribution is 0.181. The van der Waals surface area contributed by atoms with Crippen molar-refractivity contribution in [3.63, 3.8) is 0 Å². The van der Waals surface area contributed by atoms with E-state index in [0.717, 1.165) is 30.5 Å². The van der Waals surface area contributed by atoms with Crippen molar-refractivity contribution < 1.29 is 0 Å². The van der Waals surface area contributed by atoms with E-state index in [1.54, 1.807) is 0 Å². The molecule has 1 fully saturated rings. The van der Waals surface area contributed by atoms with Gasteiger partial charge in [0.05, 0.1) is 5.69 Å². The van der Waals surface area contributed by atoms with Gasteiger partial charge < -0.3 is 15.5 Å². The largest absolute Gasteiger partial charge is 0.356 e. The molecule has 6 nitrogen and oxygen atoms in total. The molecule has 1 aromatic rings. The molecule has 2 rings (SSSR count). The molecule has 2 heterocycles. The molecule has 1 aromatic heterocycles. The van der Waals surface area contributed by atoms with E-state index in [1.807, 2.05) is 18.8 Å². The van der Waals surface area contributed by atoms with E-state index >= 15 is 0 Å². The van der Waals surface area contributed by atoms with Gasteiger partial charge in [-0.3, -0.25) is 9.67 Å². The topological polar surface area (TPSA) is 57.5 Å². The lowest BCUT2D eigenvalue weighted by Gasteiger charge is -2.30. The van der Waals surface area contributed by atoms with Gasteiger partial charge >= 0.3 is 0 Å². The summed E-state index contributed by atoms with van der Waals surface area (Å²) in [6.45, 7) is 13.6. The molecule has 154 valence electrons. The Morgan fingerprint density at radius 2 is 2.11 bits per heavy atom. The third-order valence-corrected chi connectivity index (χ3v) is 5.71. The molecule has 2 atom stereocenters. The number of aryl methyl sites for hydroxylation is 2. The minimum atomic E-state index is 0.313. The van der Waals surface area contributed by atoms with Gasteiger partial charge in [0.25, 0.3) is 0 Å². The molecule has 0 aromatic carbocycles. The van der Waals surface area contributed by atoms with Gasteiger partial charge in [0, 0.05) is 38.9 Å². The molecule has 1 aliphatic rings. The van der Waals surface area contributed by atoms with Gasteiger partial charge in [-0.05, 0) is 77.4 Å². The summed E-state index contributed by atoms with van der Waals surface area (Å²) in [6, 6.07) is 0.313. The van der Waals surface area contributed by atoms with Gasteiger partial charge in [0.15, 0.2) is 5.96 Å². The number of aliphatic imine (C=N–C) groups is 1. The number of aromatic nitrogens is 2. The lowest BCUT2D eigenvalue weighted by atomic mass is 10.0. The average molecular weight is 377 g/mol. The Balaban J connectivity index is 1.66. The van der Waals surface area contributed by atoms with E-state index in [2.05, 4.69) is 53.3 Å². The van der Waals surface area contributed by atoms with Crippen molar-refractivity contribution in [2.24, 2.45) is 18.0 Å². The second-order valence-corrected chi connectivity index (χ2v) is 8.28. The Labute approximate surface area is 165 Å². The first-order valence-corrected chi connectivity index (χ1v) is 10.6. The zero-order chi connectivity index (χ0) is 19.8. The molecular weight excluding hydrogens is 336 g/mol. The van der Waals surface area contributed by atoms with Crippen molar-refractivity contribution in [3.05, 3.63) is 17.0 Å². The first kappa shape index (κ1) is 21.7. The second-order valence-electron chi connectivity index (χ2n) is 8.28. The van der Waals surface area contributed by atoms with Crippen LogP contribution in [0, 0.1) is 19.8 Å². The van der Waals surface area contributed by atoms with Crippen LogP contribution >= 0.6 is 0 Å². The van der Waals surface area contributed by atoms with Crippen LogP contribution in [0.4, 0.5) is 0 Å². The molecule has 6 heteroatoms. The second kappa shape index (κ2) is 10.7. The first-order chi connectivity index (χ1) is 12.9. The molecule has 0 amide bonds. The number of likely N-dealkylation sites (tertiary alicyclic amines) is 1. The summed E-state index contributed by atoms with van der Waals surface area (Å²) >= 11 is 0. The van der Waals surface area contributed by atoms with Crippen molar-refractivity contribution in [3.8, 4) is 0 Å². The fourth-order valence-corrected chi connectivity index (χ4v) is 4.06. The van der Waals surface area contributed by atoms with Gasteiger partial charge in [0.1, 0.15) is 0 Å². The molecule has 2 N–H and O–H groups in total. The van der Waals surface area contributed by atoms with E-state index in [4.69, 9.17) is 0 Å². The molecule has 1 saturated heterocycles. The smallest absolute Gasteiger partial charge is 0.191 e. The maximum Gasteiger partial charge on any atom is 0.191 e. The van der Waals surface area contributed by atoms with E-state index < -0.39 is 0 Å². The number of piperidine rings is 1. The highest BCUT2D eigenvalue weighted by molar-refractivity contribution is 5.79. The zero-order valence-corrected chi connectivity index (χ0v) is 18.3. The van der Waals surface area contributed by atoms with Crippen LogP contribution in [0.5, 0.6) is 0 Å². The fourth-order valence-electron chi connectivity index (χ4n) is 4.06. The average Bonchev–Trinajstić information content (AvgIpc) is 2.86. The van der Waals surface area contributed by atoms with Crippen molar-refractivity contribution in [1.29, 1.82) is 0 Å². The number of nitrogens with one attached hydrogen (secondary N) is 2. The molecule has 0 bridgehead atoms. The lowest BCUT2D eigenvalue weighted by Crippen LogP contribution is -2.43. The highest BCUT2D eigenvalue weighted by Crippen LogP contribution is 2.16. The molecule has 0 spiro atoms. The normalized spacial score (nSPS) is 19.9. The SMILES string of the molecule is CN=C(NCCCCN1CCCC(C)C1)NC(C)Cc1c(C)nn(C)c1C. The summed E-state index contributed by atoms with van der Waals surface area (Å²) in [7, 11) is 3.85. The quantitative estimate of drug-likeness (QED) is 0.416. The molecule has 0 aliphatic carbocycles. The highest BCUT2D eigenvalue weighted by Gasteiger charge is 2.16. The standard InChI is InChI=1S/C21H40N6/c1-16-10-9-13-27(15-16)12-8-7-11-23-21(22-5)24-17(2)14-20-18(3)25-26(6)19(20)4/h16-17H,7-15H2,1-6H3,(H2,22,23,24). The van der Waals surface area contributed by atoms with Gasteiger partial charge in [-0.2, -0.15) is 5.10 Å². The minimum absolute atomic E-state index is 0.313. The first-order valence-electron chi connectivity index (χ1n) is 10.6. The van der Waals surface area contributed by atoms with Crippen LogP contribution in [0.15, 0.2) is 4.99 Å². The third kappa shape index (κ3) is 6.83. The van der Waals surface area contributed by atoms with Crippen LogP contribution in [0.3, 0.4) is 0 Å². The molecule has 1 aliphatic heterocycles. The number of nitrogens with zero attached hydrogens (tertiary/aromatic N) is 4. The number of hydrogen-bond acceptors (Lipinski definition) is 3. The maximum absolute atomic E-state index is 4.52. The number of unbranched alkanes of at least 4 members (excludes halogenated alkanes) is 1. The van der Waals surface area contributed by atoms with Crippen molar-refractivity contribution in [2.75, 3.05) is 33.2 Å². The summed E-state index contributed by atoms with van der Waals surface area (Å²) in [5, 5.41) is 11.5. The van der Waals surface area contributed by atoms with Crippen molar-refractivity contribution in [2.45, 2.75) is 65.8 Å². The highest BCUT2D eigenvalue weighted by atomic mass is 15.3. The number of hydrogen-bond donors (Lipinski definition) is 2. The maximum atomic E-state index is 4.52. The van der Waals surface area contributed by atoms with Crippen LogP contribution in [0.1, 0.15) is 56.5 Å². The van der Waals surface area contributed by atoms with Gasteiger partial charge in [-0.15, -0.1) is 0 Å². The van der Waals surface area contributed by atoms with Gasteiger partial charge in [-0.1, -0.05) is 6.92 Å². The van der Waals surface area contributed by atoms with Crippen LogP contribution < -0.4 is 10.6 Å². The van der Waals surface area contributed by atoms with Crippen LogP contribution in [-0.4, -0.2) is 59.9 Å². The van der Waals surface area contributed by atoms with Gasteiger partial charge in [-0.25, -0.2) is 0 Å². The minimum Gasteiger partial charge on any atom is -0.356 e. The molecule has 2 unspecified atom stereocenters. The zero-order valence-electron chi connectivity index (χ0n) is 18.3. The Morgan fingerprint density at radius 1 is 1.33 bits per heavy atom. The molecule has 0 radical (unpaired) electrons. The van der Waals surface area contributed by atoms with Crippen LogP contribution in [0.2, 0.25) is 0 Å². The molecule has 27 heavy (non-hydrogen) atoms. The van der Waals surface area contributed by atoms with Crippen LogP contribution in [0.25, 0.3) is 0 Å². The summed E-state index contributed by atoms with van der Waals surface area (Å²) in [4.78, 5) is 7.01. The fraction of sp³-hybridized carbons (Fsp3) is 0.810. The summed E-state index contributed by atoms with van der Waals surface area (Å²) in [5.74, 6) is 1.77. The Hall–Kier alpha value is -1.56. The molecular formula is C21H40N6. The third-order valence-electron chi connectivity index (χ3n) is 5.71. The van der Waals surface area contributed by atoms with Crippen molar-refractivity contribution in [1.82, 2.24) is 25.3 Å². The number of guanidine groups is 1. The Kier molecular flexibility index (Phi) is 8.61.